The van der Waals surface area contributed by atoms with E-state index in [1.165, 1.54) is 0 Å². The van der Waals surface area contributed by atoms with Gasteiger partial charge in [0.15, 0.2) is 9.28 Å². The van der Waals surface area contributed by atoms with E-state index in [0.717, 1.165) is 25.1 Å². The quantitative estimate of drug-likeness (QED) is 0.476. The molecule has 1 fully saturated rings. The molecule has 0 aromatic carbocycles. The monoisotopic (exact) mass is 174 g/mol. The van der Waals surface area contributed by atoms with E-state index < -0.39 is 17.1 Å². The van der Waals surface area contributed by atoms with Crippen LogP contribution in [0.1, 0.15) is 6.42 Å². The molecule has 0 bridgehead atoms. The van der Waals surface area contributed by atoms with Crippen LogP contribution < -0.4 is 0 Å². The van der Waals surface area contributed by atoms with Crippen LogP contribution in [-0.4, -0.2) is 28.5 Å². The van der Waals surface area contributed by atoms with Gasteiger partial charge >= 0.3 is 0 Å². The fraction of sp³-hybridized carbons (Fsp3) is 0.667. The molecule has 1 rings (SSSR count). The first-order valence-electron chi connectivity index (χ1n) is 3.68. The maximum Gasteiger partial charge on any atom is 0.203 e. The third-order valence-electron chi connectivity index (χ3n) is 1.83. The fourth-order valence-corrected chi connectivity index (χ4v) is 7.52. The summed E-state index contributed by atoms with van der Waals surface area (Å²) in [6.07, 6.45) is 2.90. The van der Waals surface area contributed by atoms with Gasteiger partial charge in [0.25, 0.3) is 0 Å². The van der Waals surface area contributed by atoms with Gasteiger partial charge in [-0.25, -0.2) is 0 Å². The Morgan fingerprint density at radius 1 is 1.80 bits per heavy atom. The van der Waals surface area contributed by atoms with Crippen molar-refractivity contribution in [1.82, 2.24) is 0 Å². The van der Waals surface area contributed by atoms with Crippen LogP contribution in [0.2, 0.25) is 12.1 Å². The largest absolute Gasteiger partial charge is 0.432 e. The zero-order valence-corrected chi connectivity index (χ0v) is 8.59. The molecule has 1 aliphatic heterocycles. The zero-order valence-electron chi connectivity index (χ0n) is 6.18. The lowest BCUT2D eigenvalue weighted by molar-refractivity contribution is 0.321. The number of rotatable bonds is 2. The zero-order chi connectivity index (χ0) is 7.45. The highest BCUT2D eigenvalue weighted by molar-refractivity contribution is 7.18. The van der Waals surface area contributed by atoms with Crippen LogP contribution in [0.4, 0.5) is 0 Å². The molecule has 0 aromatic heterocycles. The van der Waals surface area contributed by atoms with Crippen LogP contribution in [0.25, 0.3) is 0 Å². The van der Waals surface area contributed by atoms with Gasteiger partial charge in [0.1, 0.15) is 0 Å². The maximum absolute atomic E-state index is 9.88. The van der Waals surface area contributed by atoms with Gasteiger partial charge in [0.05, 0.1) is 0 Å². The van der Waals surface area contributed by atoms with Crippen molar-refractivity contribution >= 4 is 17.1 Å². The molecule has 1 saturated heterocycles. The molecular formula is C6H14O2Si2. The van der Waals surface area contributed by atoms with Crippen molar-refractivity contribution in [2.75, 3.05) is 6.61 Å². The van der Waals surface area contributed by atoms with Crippen molar-refractivity contribution in [3.8, 4) is 0 Å². The molecule has 1 unspecified atom stereocenters. The van der Waals surface area contributed by atoms with Crippen LogP contribution in [0.3, 0.4) is 0 Å². The third kappa shape index (κ3) is 2.05. The van der Waals surface area contributed by atoms with E-state index in [9.17, 15) is 4.80 Å². The Hall–Kier alpha value is 0.0938. The first kappa shape index (κ1) is 8.19. The van der Waals surface area contributed by atoms with Gasteiger partial charge in [0.2, 0.25) is 7.83 Å². The smallest absolute Gasteiger partial charge is 0.203 e. The average molecular weight is 174 g/mol. The normalized spacial score (nSPS) is 36.1. The molecule has 1 aliphatic rings. The van der Waals surface area contributed by atoms with Crippen LogP contribution >= 0.6 is 0 Å². The van der Waals surface area contributed by atoms with E-state index in [1.807, 2.05) is 6.08 Å². The van der Waals surface area contributed by atoms with E-state index in [4.69, 9.17) is 4.43 Å². The predicted molar refractivity (Wildman–Crippen MR) is 46.9 cm³/mol. The van der Waals surface area contributed by atoms with E-state index in [-0.39, 0.29) is 0 Å². The minimum Gasteiger partial charge on any atom is -0.432 e. The Bertz CT molecular complexity index is 121. The van der Waals surface area contributed by atoms with Crippen molar-refractivity contribution in [3.63, 3.8) is 0 Å². The van der Waals surface area contributed by atoms with Crippen LogP contribution in [-0.2, 0) is 4.43 Å². The minimum atomic E-state index is -1.84. The molecule has 0 aliphatic carbocycles. The SMILES string of the molecule is C=CC[Si]1(O)CCCO[SiH2]1. The Balaban J connectivity index is 2.39. The van der Waals surface area contributed by atoms with Crippen LogP contribution in [0, 0.1) is 0 Å². The summed E-state index contributed by atoms with van der Waals surface area (Å²) in [5, 5.41) is 0. The van der Waals surface area contributed by atoms with E-state index in [1.54, 1.807) is 0 Å². The Kier molecular flexibility index (Phi) is 2.85. The summed E-state index contributed by atoms with van der Waals surface area (Å²) in [7, 11) is -2.40. The lowest BCUT2D eigenvalue weighted by atomic mass is 10.5. The molecule has 10 heavy (non-hydrogen) atoms. The first-order chi connectivity index (χ1) is 4.77. The standard InChI is InChI=1S/C6H14O2Si2/c1-2-5-10(7)6-3-4-8-9-10/h2,7H,1,3-6,9H2. The molecule has 0 radical (unpaired) electrons. The van der Waals surface area contributed by atoms with Gasteiger partial charge in [-0.1, -0.05) is 6.08 Å². The molecule has 0 amide bonds. The number of allylic oxidation sites excluding steroid dienone is 1. The third-order valence-corrected chi connectivity index (χ3v) is 9.34. The van der Waals surface area contributed by atoms with Gasteiger partial charge in [-0.15, -0.1) is 6.58 Å². The number of hydrogen-bond acceptors (Lipinski definition) is 2. The average Bonchev–Trinajstić information content (AvgIpc) is 1.89. The van der Waals surface area contributed by atoms with E-state index >= 15 is 0 Å². The summed E-state index contributed by atoms with van der Waals surface area (Å²) in [5.41, 5.74) is 0. The second kappa shape index (κ2) is 3.47. The Labute approximate surface area is 64.8 Å². The second-order valence-corrected chi connectivity index (χ2v) is 11.7. The van der Waals surface area contributed by atoms with E-state index in [2.05, 4.69) is 6.58 Å². The first-order valence-corrected chi connectivity index (χ1v) is 8.95. The molecule has 0 spiro atoms. The molecule has 58 valence electrons. The van der Waals surface area contributed by atoms with E-state index in [0.29, 0.717) is 0 Å². The maximum atomic E-state index is 9.88. The Morgan fingerprint density at radius 2 is 2.60 bits per heavy atom. The van der Waals surface area contributed by atoms with Crippen molar-refractivity contribution < 1.29 is 9.22 Å². The summed E-state index contributed by atoms with van der Waals surface area (Å²) in [6, 6.07) is 1.89. The summed E-state index contributed by atoms with van der Waals surface area (Å²) >= 11 is 0. The minimum absolute atomic E-state index is 0.562. The Morgan fingerprint density at radius 3 is 3.10 bits per heavy atom. The topological polar surface area (TPSA) is 29.5 Å². The van der Waals surface area contributed by atoms with Gasteiger partial charge in [-0.3, -0.25) is 0 Å². The van der Waals surface area contributed by atoms with Crippen LogP contribution in [0.5, 0.6) is 0 Å². The molecule has 1 heterocycles. The highest BCUT2D eigenvalue weighted by Crippen LogP contribution is 2.17. The lowest BCUT2D eigenvalue weighted by Gasteiger charge is -2.27. The summed E-state index contributed by atoms with van der Waals surface area (Å²) in [5.74, 6) is 0. The second-order valence-electron chi connectivity index (χ2n) is 2.87. The van der Waals surface area contributed by atoms with Gasteiger partial charge in [0, 0.05) is 6.61 Å². The summed E-state index contributed by atoms with van der Waals surface area (Å²) in [6.45, 7) is 4.53. The van der Waals surface area contributed by atoms with Crippen molar-refractivity contribution in [1.29, 1.82) is 0 Å². The highest BCUT2D eigenvalue weighted by atomic mass is 29.2. The molecular weight excluding hydrogens is 160 g/mol. The molecule has 0 aromatic rings. The van der Waals surface area contributed by atoms with Gasteiger partial charge in [-0.05, 0) is 18.5 Å². The molecule has 2 nitrogen and oxygen atoms in total. The highest BCUT2D eigenvalue weighted by Gasteiger charge is 2.32. The van der Waals surface area contributed by atoms with Crippen LogP contribution in [0.15, 0.2) is 12.7 Å². The molecule has 1 atom stereocenters. The number of hydrogen-bond donors (Lipinski definition) is 1. The molecule has 4 heteroatoms. The summed E-state index contributed by atoms with van der Waals surface area (Å²) < 4.78 is 5.34. The van der Waals surface area contributed by atoms with Gasteiger partial charge in [-0.2, -0.15) is 0 Å². The van der Waals surface area contributed by atoms with Crippen molar-refractivity contribution in [2.24, 2.45) is 0 Å². The predicted octanol–water partition coefficient (Wildman–Crippen LogP) is 0.111. The van der Waals surface area contributed by atoms with Gasteiger partial charge < -0.3 is 9.22 Å². The molecule has 0 saturated carbocycles. The lowest BCUT2D eigenvalue weighted by Crippen LogP contribution is -2.46. The van der Waals surface area contributed by atoms with Crippen molar-refractivity contribution in [3.05, 3.63) is 12.7 Å². The summed E-state index contributed by atoms with van der Waals surface area (Å²) in [4.78, 5) is 9.88. The van der Waals surface area contributed by atoms with Crippen molar-refractivity contribution in [2.45, 2.75) is 18.5 Å². The molecule has 1 N–H and O–H groups in total. The fourth-order valence-electron chi connectivity index (χ4n) is 1.27.